The number of halogens is 2. The van der Waals surface area contributed by atoms with E-state index in [1.165, 1.54) is 12.1 Å². The van der Waals surface area contributed by atoms with Crippen LogP contribution in [0.4, 0.5) is 8.78 Å². The number of piperazine rings is 1. The van der Waals surface area contributed by atoms with Gasteiger partial charge in [-0.3, -0.25) is 9.44 Å². The van der Waals surface area contributed by atoms with Gasteiger partial charge in [0.1, 0.15) is 36.6 Å². The first-order valence-corrected chi connectivity index (χ1v) is 11.1. The van der Waals surface area contributed by atoms with E-state index in [1.54, 1.807) is 6.08 Å². The van der Waals surface area contributed by atoms with Crippen molar-refractivity contribution in [3.05, 3.63) is 111 Å². The van der Waals surface area contributed by atoms with E-state index >= 15 is 0 Å². The molecule has 1 amide bonds. The molecule has 1 aromatic rings. The third-order valence-electron chi connectivity index (χ3n) is 6.96. The number of hydrogen-bond donors (Lipinski definition) is 3. The summed E-state index contributed by atoms with van der Waals surface area (Å²) >= 11 is 0. The molecule has 3 N–H and O–H groups in total. The molecule has 5 aliphatic rings. The molecule has 10 heteroatoms. The van der Waals surface area contributed by atoms with Crippen LogP contribution in [0.2, 0.25) is 0 Å². The molecule has 8 nitrogen and oxygen atoms in total. The summed E-state index contributed by atoms with van der Waals surface area (Å²) in [6, 6.07) is 2.86. The Morgan fingerprint density at radius 3 is 2.91 bits per heavy atom. The first-order chi connectivity index (χ1) is 16.8. The lowest BCUT2D eigenvalue weighted by Crippen LogP contribution is -2.63. The maximum atomic E-state index is 14.0. The topological polar surface area (TPSA) is 105 Å². The average molecular weight is 481 g/mol. The molecule has 0 radical (unpaired) electrons. The number of carbonyl (C=O) groups is 1. The molecule has 6 rings (SSSR count). The number of hydrogen-bond acceptors (Lipinski definition) is 6. The minimum atomic E-state index is -1.68. The zero-order chi connectivity index (χ0) is 24.5. The Balaban J connectivity index is 1.25. The minimum Gasteiger partial charge on any atom is -0.624 e. The van der Waals surface area contributed by atoms with Gasteiger partial charge in [0.05, 0.1) is 17.2 Å². The van der Waals surface area contributed by atoms with Crippen molar-refractivity contribution >= 4 is 5.91 Å². The second kappa shape index (κ2) is 7.64. The van der Waals surface area contributed by atoms with E-state index in [9.17, 15) is 29.0 Å². The molecule has 3 aliphatic heterocycles. The Kier molecular flexibility index (Phi) is 4.75. The summed E-state index contributed by atoms with van der Waals surface area (Å²) in [4.78, 5) is 14.8. The fourth-order valence-electron chi connectivity index (χ4n) is 5.20. The van der Waals surface area contributed by atoms with E-state index < -0.39 is 40.3 Å². The highest BCUT2D eigenvalue weighted by Crippen LogP contribution is 2.50. The Bertz CT molecular complexity index is 1340. The number of aliphatic hydroxyl groups excluding tert-OH is 2. The highest BCUT2D eigenvalue weighted by Gasteiger charge is 2.55. The number of carbonyl (C=O) groups excluding carboxylic acids is 1. The standard InChI is InChI=1S/C25H21F2N3O5/c26-15-5-4-13(18(27)9-15)10-28-25(33)17-7-14-8-19-22(21(14)24(32)23(17)31)30(34)12-16-3-1-2-6-29(16)11-20(30)35-19/h1-9,16,20,23,31-32H,10-12H2,(H,28,33)/t16-,20?,23?,30?/m1/s1. The number of quaternary nitrogens is 1. The summed E-state index contributed by atoms with van der Waals surface area (Å²) in [6.45, 7) is 0.287. The molecule has 3 heterocycles. The third-order valence-corrected chi connectivity index (χ3v) is 6.96. The summed E-state index contributed by atoms with van der Waals surface area (Å²) in [5, 5.41) is 38.2. The van der Waals surface area contributed by atoms with Crippen molar-refractivity contribution in [2.75, 3.05) is 13.1 Å². The molecule has 4 atom stereocenters. The van der Waals surface area contributed by atoms with Crippen LogP contribution < -0.4 is 5.32 Å². The average Bonchev–Trinajstić information content (AvgIpc) is 3.32. The molecule has 0 saturated carbocycles. The Morgan fingerprint density at radius 1 is 1.29 bits per heavy atom. The van der Waals surface area contributed by atoms with Crippen molar-refractivity contribution in [1.82, 2.24) is 10.2 Å². The summed E-state index contributed by atoms with van der Waals surface area (Å²) in [6.07, 6.45) is 8.19. The van der Waals surface area contributed by atoms with Crippen molar-refractivity contribution in [3.63, 3.8) is 0 Å². The van der Waals surface area contributed by atoms with Gasteiger partial charge in [-0.15, -0.1) is 0 Å². The van der Waals surface area contributed by atoms with Crippen molar-refractivity contribution in [2.24, 2.45) is 0 Å². The second-order valence-corrected chi connectivity index (χ2v) is 9.03. The molecule has 2 aliphatic carbocycles. The van der Waals surface area contributed by atoms with E-state index in [1.807, 2.05) is 29.3 Å². The number of amides is 1. The lowest BCUT2D eigenvalue weighted by atomic mass is 9.90. The summed E-state index contributed by atoms with van der Waals surface area (Å²) in [7, 11) is 0. The zero-order valence-corrected chi connectivity index (χ0v) is 18.3. The van der Waals surface area contributed by atoms with Gasteiger partial charge in [-0.05, 0) is 29.9 Å². The molecule has 180 valence electrons. The van der Waals surface area contributed by atoms with E-state index in [2.05, 4.69) is 5.32 Å². The third kappa shape index (κ3) is 3.25. The predicted molar refractivity (Wildman–Crippen MR) is 119 cm³/mol. The van der Waals surface area contributed by atoms with Gasteiger partial charge in [-0.2, -0.15) is 0 Å². The van der Waals surface area contributed by atoms with Crippen molar-refractivity contribution < 1.29 is 33.2 Å². The first-order valence-electron chi connectivity index (χ1n) is 11.1. The smallest absolute Gasteiger partial charge is 0.256 e. The van der Waals surface area contributed by atoms with Crippen LogP contribution in [0.25, 0.3) is 0 Å². The van der Waals surface area contributed by atoms with Crippen LogP contribution in [0.1, 0.15) is 5.56 Å². The van der Waals surface area contributed by atoms with Gasteiger partial charge >= 0.3 is 0 Å². The van der Waals surface area contributed by atoms with E-state index in [0.717, 1.165) is 6.07 Å². The molecule has 1 fully saturated rings. The number of rotatable bonds is 3. The molecule has 1 aromatic carbocycles. The van der Waals surface area contributed by atoms with E-state index in [4.69, 9.17) is 4.74 Å². The molecule has 0 spiro atoms. The predicted octanol–water partition coefficient (Wildman–Crippen LogP) is 2.28. The summed E-state index contributed by atoms with van der Waals surface area (Å²) in [5.41, 5.74) is 0.697. The normalized spacial score (nSPS) is 30.3. The van der Waals surface area contributed by atoms with Crippen LogP contribution in [0, 0.1) is 16.8 Å². The molecular weight excluding hydrogens is 460 g/mol. The molecule has 1 saturated heterocycles. The van der Waals surface area contributed by atoms with Crippen LogP contribution >= 0.6 is 0 Å². The van der Waals surface area contributed by atoms with Gasteiger partial charge in [0.15, 0.2) is 11.5 Å². The van der Waals surface area contributed by atoms with Crippen LogP contribution in [-0.4, -0.2) is 57.1 Å². The fraction of sp³-hybridized carbons (Fsp3) is 0.240. The zero-order valence-electron chi connectivity index (χ0n) is 18.3. The molecule has 3 unspecified atom stereocenters. The van der Waals surface area contributed by atoms with Crippen LogP contribution in [-0.2, 0) is 16.1 Å². The lowest BCUT2D eigenvalue weighted by molar-refractivity contribution is -0.885. The monoisotopic (exact) mass is 481 g/mol. The van der Waals surface area contributed by atoms with Gasteiger partial charge in [0.2, 0.25) is 0 Å². The Labute approximate surface area is 198 Å². The number of ether oxygens (including phenoxy) is 1. The molecule has 35 heavy (non-hydrogen) atoms. The van der Waals surface area contributed by atoms with E-state index in [-0.39, 0.29) is 41.5 Å². The molecule has 0 bridgehead atoms. The Morgan fingerprint density at radius 2 is 2.11 bits per heavy atom. The number of fused-ring (bicyclic) bond motifs is 5. The maximum absolute atomic E-state index is 14.0. The maximum Gasteiger partial charge on any atom is 0.256 e. The van der Waals surface area contributed by atoms with Gasteiger partial charge < -0.3 is 30.4 Å². The number of hydroxylamine groups is 3. The summed E-state index contributed by atoms with van der Waals surface area (Å²) < 4.78 is 32.2. The fourth-order valence-corrected chi connectivity index (χ4v) is 5.20. The number of allylic oxidation sites excluding steroid dienone is 5. The Hall–Kier alpha value is -3.73. The number of nitrogens with one attached hydrogen (secondary N) is 1. The van der Waals surface area contributed by atoms with Gasteiger partial charge in [0, 0.05) is 24.4 Å². The summed E-state index contributed by atoms with van der Waals surface area (Å²) in [5.74, 6) is -2.49. The number of nitrogens with zero attached hydrogens (tertiary/aromatic N) is 2. The highest BCUT2D eigenvalue weighted by atomic mass is 19.1. The number of benzene rings is 1. The molecular formula is C25H21F2N3O5. The quantitative estimate of drug-likeness (QED) is 0.452. The van der Waals surface area contributed by atoms with Crippen LogP contribution in [0.15, 0.2) is 88.7 Å². The van der Waals surface area contributed by atoms with Crippen LogP contribution in [0.5, 0.6) is 0 Å². The van der Waals surface area contributed by atoms with Gasteiger partial charge in [-0.1, -0.05) is 18.2 Å². The number of aliphatic hydroxyl groups is 2. The second-order valence-electron chi connectivity index (χ2n) is 9.03. The highest BCUT2D eigenvalue weighted by molar-refractivity contribution is 5.97. The lowest BCUT2D eigenvalue weighted by Gasteiger charge is -2.52. The van der Waals surface area contributed by atoms with Crippen molar-refractivity contribution in [1.29, 1.82) is 0 Å². The minimum absolute atomic E-state index is 0.0646. The first kappa shape index (κ1) is 21.8. The van der Waals surface area contributed by atoms with Crippen LogP contribution in [0.3, 0.4) is 0 Å². The van der Waals surface area contributed by atoms with Crippen molar-refractivity contribution in [2.45, 2.75) is 24.9 Å². The SMILES string of the molecule is O=C(NCc1ccc(F)cc1F)C1=CC2=CC3=C(C2=C(O)C1O)[N+]1([O-])C[C@H]2C=CC=CN2CC1O3. The van der Waals surface area contributed by atoms with Gasteiger partial charge in [-0.25, -0.2) is 8.78 Å². The van der Waals surface area contributed by atoms with Gasteiger partial charge in [0.25, 0.3) is 12.1 Å². The largest absolute Gasteiger partial charge is 0.624 e. The van der Waals surface area contributed by atoms with Crippen molar-refractivity contribution in [3.8, 4) is 0 Å². The molecule has 0 aromatic heterocycles. The van der Waals surface area contributed by atoms with E-state index in [0.29, 0.717) is 23.9 Å².